The van der Waals surface area contributed by atoms with Crippen LogP contribution in [0.4, 0.5) is 11.4 Å². The molecule has 4 aromatic rings. The predicted octanol–water partition coefficient (Wildman–Crippen LogP) is 5.64. The molecule has 3 aromatic carbocycles. The summed E-state index contributed by atoms with van der Waals surface area (Å²) in [6.45, 7) is 3.80. The van der Waals surface area contributed by atoms with Gasteiger partial charge in [-0.25, -0.2) is 4.68 Å². The molecule has 9 heteroatoms. The normalized spacial score (nSPS) is 10.7. The first-order valence-corrected chi connectivity index (χ1v) is 11.5. The molecule has 172 valence electrons. The monoisotopic (exact) mass is 538 g/mol. The molecule has 0 aliphatic carbocycles. The molecule has 1 heterocycles. The number of nitrogens with one attached hydrogen (secondary N) is 3. The Morgan fingerprint density at radius 2 is 1.47 bits per heavy atom. The molecule has 7 nitrogen and oxygen atoms in total. The number of anilines is 2. The fourth-order valence-corrected chi connectivity index (χ4v) is 4.09. The van der Waals surface area contributed by atoms with Crippen LogP contribution >= 0.6 is 27.5 Å². The Labute approximate surface area is 209 Å². The zero-order chi connectivity index (χ0) is 24.4. The molecule has 0 atom stereocenters. The van der Waals surface area contributed by atoms with Crippen LogP contribution in [0.15, 0.2) is 71.2 Å². The summed E-state index contributed by atoms with van der Waals surface area (Å²) < 4.78 is 2.11. The maximum absolute atomic E-state index is 13.1. The van der Waals surface area contributed by atoms with E-state index in [0.717, 1.165) is 15.6 Å². The second kappa shape index (κ2) is 9.70. The Morgan fingerprint density at radius 3 is 2.15 bits per heavy atom. The third-order valence-electron chi connectivity index (χ3n) is 5.00. The predicted molar refractivity (Wildman–Crippen MR) is 138 cm³/mol. The van der Waals surface area contributed by atoms with Crippen LogP contribution in [0, 0.1) is 13.8 Å². The molecule has 0 aliphatic rings. The number of carbonyl (C=O) groups excluding carboxylic acids is 3. The second-order valence-corrected chi connectivity index (χ2v) is 9.15. The summed E-state index contributed by atoms with van der Waals surface area (Å²) in [5.41, 5.74) is 6.21. The third kappa shape index (κ3) is 5.30. The van der Waals surface area contributed by atoms with E-state index in [1.54, 1.807) is 54.6 Å². The van der Waals surface area contributed by atoms with Gasteiger partial charge in [0.05, 0.1) is 5.52 Å². The molecule has 0 radical (unpaired) electrons. The van der Waals surface area contributed by atoms with Crippen molar-refractivity contribution in [3.05, 3.63) is 93.0 Å². The summed E-state index contributed by atoms with van der Waals surface area (Å²) >= 11 is 9.33. The SMILES string of the molecule is Cc1cc(C)cc(NC(=O)C(=O)Nn2c(C(=O)Nc3ccc(Cl)cc3)cc3cc(Br)ccc32)c1. The average Bonchev–Trinajstić information content (AvgIpc) is 3.12. The van der Waals surface area contributed by atoms with Crippen molar-refractivity contribution in [2.75, 3.05) is 16.1 Å². The van der Waals surface area contributed by atoms with Crippen LogP contribution in [-0.2, 0) is 9.59 Å². The maximum Gasteiger partial charge on any atom is 0.328 e. The number of hydrogen-bond donors (Lipinski definition) is 3. The highest BCUT2D eigenvalue weighted by Crippen LogP contribution is 2.24. The van der Waals surface area contributed by atoms with E-state index in [9.17, 15) is 14.4 Å². The summed E-state index contributed by atoms with van der Waals surface area (Å²) in [6.07, 6.45) is 0. The molecule has 0 unspecified atom stereocenters. The van der Waals surface area contributed by atoms with E-state index in [2.05, 4.69) is 32.0 Å². The molecule has 0 bridgehead atoms. The fourth-order valence-electron chi connectivity index (χ4n) is 3.59. The summed E-state index contributed by atoms with van der Waals surface area (Å²) in [5, 5.41) is 6.62. The molecule has 0 saturated heterocycles. The van der Waals surface area contributed by atoms with Crippen molar-refractivity contribution in [3.63, 3.8) is 0 Å². The summed E-state index contributed by atoms with van der Waals surface area (Å²) in [5.74, 6) is -2.24. The van der Waals surface area contributed by atoms with Gasteiger partial charge in [0.15, 0.2) is 0 Å². The Kier molecular flexibility index (Phi) is 6.72. The molecule has 0 spiro atoms. The Bertz CT molecular complexity index is 1410. The molecule has 4 rings (SSSR count). The quantitative estimate of drug-likeness (QED) is 0.293. The minimum Gasteiger partial charge on any atom is -0.321 e. The van der Waals surface area contributed by atoms with E-state index < -0.39 is 17.7 Å². The van der Waals surface area contributed by atoms with Crippen LogP contribution in [0.25, 0.3) is 10.9 Å². The van der Waals surface area contributed by atoms with Crippen LogP contribution in [0.2, 0.25) is 5.02 Å². The number of benzene rings is 3. The number of hydrogen-bond acceptors (Lipinski definition) is 3. The van der Waals surface area contributed by atoms with Crippen molar-refractivity contribution >= 4 is 67.5 Å². The van der Waals surface area contributed by atoms with Gasteiger partial charge in [0.2, 0.25) is 0 Å². The lowest BCUT2D eigenvalue weighted by Crippen LogP contribution is -2.36. The minimum atomic E-state index is -0.917. The highest BCUT2D eigenvalue weighted by atomic mass is 79.9. The number of carbonyl (C=O) groups is 3. The highest BCUT2D eigenvalue weighted by molar-refractivity contribution is 9.10. The van der Waals surface area contributed by atoms with E-state index in [1.807, 2.05) is 26.0 Å². The Hall–Kier alpha value is -3.62. The number of amides is 3. The molecule has 3 N–H and O–H groups in total. The van der Waals surface area contributed by atoms with Crippen LogP contribution in [0.3, 0.4) is 0 Å². The number of fused-ring (bicyclic) bond motifs is 1. The first-order valence-electron chi connectivity index (χ1n) is 10.3. The molecule has 0 fully saturated rings. The lowest BCUT2D eigenvalue weighted by Gasteiger charge is -2.13. The third-order valence-corrected chi connectivity index (χ3v) is 5.74. The molecule has 3 amide bonds. The zero-order valence-electron chi connectivity index (χ0n) is 18.3. The van der Waals surface area contributed by atoms with E-state index >= 15 is 0 Å². The first kappa shape index (κ1) is 23.5. The Morgan fingerprint density at radius 1 is 0.794 bits per heavy atom. The summed E-state index contributed by atoms with van der Waals surface area (Å²) in [4.78, 5) is 38.4. The Balaban J connectivity index is 1.62. The minimum absolute atomic E-state index is 0.149. The van der Waals surface area contributed by atoms with Gasteiger partial charge in [0, 0.05) is 26.3 Å². The van der Waals surface area contributed by atoms with Crippen LogP contribution in [0.1, 0.15) is 21.6 Å². The van der Waals surface area contributed by atoms with Gasteiger partial charge < -0.3 is 10.6 Å². The summed E-state index contributed by atoms with van der Waals surface area (Å²) in [6, 6.07) is 19.1. The average molecular weight is 540 g/mol. The number of aryl methyl sites for hydroxylation is 2. The van der Waals surface area contributed by atoms with Crippen molar-refractivity contribution in [2.24, 2.45) is 0 Å². The van der Waals surface area contributed by atoms with Gasteiger partial charge in [0.25, 0.3) is 5.91 Å². The van der Waals surface area contributed by atoms with Gasteiger partial charge in [-0.1, -0.05) is 33.6 Å². The van der Waals surface area contributed by atoms with E-state index in [0.29, 0.717) is 27.3 Å². The highest BCUT2D eigenvalue weighted by Gasteiger charge is 2.21. The molecule has 0 aliphatic heterocycles. The van der Waals surface area contributed by atoms with Gasteiger partial charge in [0.1, 0.15) is 5.69 Å². The van der Waals surface area contributed by atoms with Gasteiger partial charge in [-0.15, -0.1) is 0 Å². The summed E-state index contributed by atoms with van der Waals surface area (Å²) in [7, 11) is 0. The van der Waals surface area contributed by atoms with Gasteiger partial charge >= 0.3 is 11.8 Å². The van der Waals surface area contributed by atoms with Crippen molar-refractivity contribution in [2.45, 2.75) is 13.8 Å². The van der Waals surface area contributed by atoms with Crippen LogP contribution in [-0.4, -0.2) is 22.4 Å². The smallest absolute Gasteiger partial charge is 0.321 e. The lowest BCUT2D eigenvalue weighted by molar-refractivity contribution is -0.133. The van der Waals surface area contributed by atoms with Crippen molar-refractivity contribution in [3.8, 4) is 0 Å². The van der Waals surface area contributed by atoms with Crippen molar-refractivity contribution < 1.29 is 14.4 Å². The maximum atomic E-state index is 13.1. The molecular weight excluding hydrogens is 520 g/mol. The topological polar surface area (TPSA) is 92.2 Å². The number of nitrogens with zero attached hydrogens (tertiary/aromatic N) is 1. The molecule has 1 aromatic heterocycles. The van der Waals surface area contributed by atoms with Gasteiger partial charge in [-0.05, 0) is 85.6 Å². The van der Waals surface area contributed by atoms with E-state index in [4.69, 9.17) is 11.6 Å². The molecular formula is C25H20BrClN4O3. The van der Waals surface area contributed by atoms with Crippen LogP contribution < -0.4 is 16.1 Å². The lowest BCUT2D eigenvalue weighted by atomic mass is 10.1. The van der Waals surface area contributed by atoms with Gasteiger partial charge in [-0.2, -0.15) is 0 Å². The molecule has 34 heavy (non-hydrogen) atoms. The zero-order valence-corrected chi connectivity index (χ0v) is 20.6. The largest absolute Gasteiger partial charge is 0.328 e. The van der Waals surface area contributed by atoms with Crippen LogP contribution in [0.5, 0.6) is 0 Å². The van der Waals surface area contributed by atoms with E-state index in [-0.39, 0.29) is 5.69 Å². The van der Waals surface area contributed by atoms with Crippen molar-refractivity contribution in [1.82, 2.24) is 4.68 Å². The number of rotatable bonds is 4. The standard InChI is InChI=1S/C25H20BrClN4O3/c1-14-9-15(2)11-20(10-14)29-24(33)25(34)30-31-21-8-3-17(26)12-16(21)13-22(31)23(32)28-19-6-4-18(27)5-7-19/h3-13H,1-2H3,(H,28,32)(H,29,33)(H,30,34). The fraction of sp³-hybridized carbons (Fsp3) is 0.0800. The first-order chi connectivity index (χ1) is 16.2. The molecule has 0 saturated carbocycles. The van der Waals surface area contributed by atoms with Gasteiger partial charge in [-0.3, -0.25) is 19.8 Å². The second-order valence-electron chi connectivity index (χ2n) is 7.80. The number of aromatic nitrogens is 1. The van der Waals surface area contributed by atoms with Crippen molar-refractivity contribution in [1.29, 1.82) is 0 Å². The van der Waals surface area contributed by atoms with E-state index in [1.165, 1.54) is 4.68 Å². The number of halogens is 2.